The van der Waals surface area contributed by atoms with Crippen LogP contribution in [0.25, 0.3) is 0 Å². The number of amides is 1. The van der Waals surface area contributed by atoms with E-state index in [0.717, 1.165) is 5.69 Å². The zero-order valence-corrected chi connectivity index (χ0v) is 10.8. The van der Waals surface area contributed by atoms with Gasteiger partial charge in [-0.2, -0.15) is 0 Å². The lowest BCUT2D eigenvalue weighted by atomic mass is 10.1. The second-order valence-electron chi connectivity index (χ2n) is 5.43. The van der Waals surface area contributed by atoms with Crippen LogP contribution < -0.4 is 10.6 Å². The highest BCUT2D eigenvalue weighted by molar-refractivity contribution is 5.99. The maximum atomic E-state index is 12.6. The normalized spacial score (nSPS) is 28.8. The number of nitrogens with zero attached hydrogens (tertiary/aromatic N) is 1. The van der Waals surface area contributed by atoms with Gasteiger partial charge in [-0.1, -0.05) is 18.6 Å². The molecule has 2 N–H and O–H groups in total. The van der Waals surface area contributed by atoms with Crippen LogP contribution in [-0.4, -0.2) is 12.5 Å². The summed E-state index contributed by atoms with van der Waals surface area (Å²) in [5.41, 5.74) is 7.54. The van der Waals surface area contributed by atoms with Gasteiger partial charge in [0.2, 0.25) is 5.91 Å². The molecule has 2 aliphatic carbocycles. The van der Waals surface area contributed by atoms with E-state index in [1.807, 2.05) is 36.1 Å². The van der Waals surface area contributed by atoms with Crippen LogP contribution >= 0.6 is 0 Å². The van der Waals surface area contributed by atoms with Crippen molar-refractivity contribution in [1.82, 2.24) is 0 Å². The summed E-state index contributed by atoms with van der Waals surface area (Å²) in [6.07, 6.45) is 3.78. The van der Waals surface area contributed by atoms with Crippen LogP contribution in [0, 0.1) is 17.8 Å². The van der Waals surface area contributed by atoms with Crippen molar-refractivity contribution in [2.45, 2.75) is 26.2 Å². The van der Waals surface area contributed by atoms with Gasteiger partial charge in [-0.15, -0.1) is 0 Å². The fourth-order valence-electron chi connectivity index (χ4n) is 3.55. The van der Waals surface area contributed by atoms with E-state index in [-0.39, 0.29) is 11.8 Å². The van der Waals surface area contributed by atoms with E-state index in [9.17, 15) is 4.79 Å². The summed E-state index contributed by atoms with van der Waals surface area (Å²) < 4.78 is 0. The van der Waals surface area contributed by atoms with Crippen molar-refractivity contribution in [3.05, 3.63) is 24.3 Å². The molecule has 0 radical (unpaired) electrons. The van der Waals surface area contributed by atoms with Crippen molar-refractivity contribution in [1.29, 1.82) is 0 Å². The summed E-state index contributed by atoms with van der Waals surface area (Å²) in [6.45, 7) is 2.71. The molecular formula is C15H20N2O. The van der Waals surface area contributed by atoms with Crippen molar-refractivity contribution in [3.63, 3.8) is 0 Å². The molecule has 2 aliphatic rings. The quantitative estimate of drug-likeness (QED) is 0.831. The van der Waals surface area contributed by atoms with Gasteiger partial charge in [-0.25, -0.2) is 0 Å². The Labute approximate surface area is 108 Å². The standard InChI is InChI=1S/C15H20N2O/c1-2-17(13-9-4-3-8-12(13)16)15(18)14-10-6-5-7-11(10)14/h3-4,8-11,14H,2,5-7,16H2,1H3. The van der Waals surface area contributed by atoms with Gasteiger partial charge in [0, 0.05) is 12.5 Å². The Hall–Kier alpha value is -1.51. The smallest absolute Gasteiger partial charge is 0.230 e. The van der Waals surface area contributed by atoms with E-state index in [1.165, 1.54) is 19.3 Å². The van der Waals surface area contributed by atoms with Gasteiger partial charge in [0.1, 0.15) is 0 Å². The molecule has 0 aromatic heterocycles. The fourth-order valence-corrected chi connectivity index (χ4v) is 3.55. The highest BCUT2D eigenvalue weighted by atomic mass is 16.2. The van der Waals surface area contributed by atoms with Crippen molar-refractivity contribution >= 4 is 17.3 Å². The number of hydrogen-bond acceptors (Lipinski definition) is 2. The molecule has 3 heteroatoms. The van der Waals surface area contributed by atoms with Gasteiger partial charge >= 0.3 is 0 Å². The molecule has 3 rings (SSSR count). The molecule has 0 spiro atoms. The number of carbonyl (C=O) groups excluding carboxylic acids is 1. The maximum Gasteiger partial charge on any atom is 0.230 e. The summed E-state index contributed by atoms with van der Waals surface area (Å²) in [6, 6.07) is 7.65. The molecule has 2 unspecified atom stereocenters. The van der Waals surface area contributed by atoms with Crippen LogP contribution in [0.3, 0.4) is 0 Å². The van der Waals surface area contributed by atoms with Crippen molar-refractivity contribution in [3.8, 4) is 0 Å². The highest BCUT2D eigenvalue weighted by Crippen LogP contribution is 2.58. The van der Waals surface area contributed by atoms with E-state index in [2.05, 4.69) is 0 Å². The summed E-state index contributed by atoms with van der Waals surface area (Å²) in [5.74, 6) is 1.89. The van der Waals surface area contributed by atoms with E-state index in [0.29, 0.717) is 24.1 Å². The van der Waals surface area contributed by atoms with Crippen LogP contribution in [0.4, 0.5) is 11.4 Å². The topological polar surface area (TPSA) is 46.3 Å². The molecular weight excluding hydrogens is 224 g/mol. The Morgan fingerprint density at radius 1 is 1.33 bits per heavy atom. The van der Waals surface area contributed by atoms with Gasteiger partial charge in [-0.3, -0.25) is 4.79 Å². The predicted octanol–water partition coefficient (Wildman–Crippen LogP) is 2.67. The van der Waals surface area contributed by atoms with E-state index in [4.69, 9.17) is 5.73 Å². The molecule has 96 valence electrons. The first-order valence-corrected chi connectivity index (χ1v) is 6.90. The summed E-state index contributed by atoms with van der Waals surface area (Å²) in [5, 5.41) is 0. The molecule has 0 aliphatic heterocycles. The number of nitrogen functional groups attached to an aromatic ring is 1. The number of hydrogen-bond donors (Lipinski definition) is 1. The van der Waals surface area contributed by atoms with Crippen LogP contribution in [0.1, 0.15) is 26.2 Å². The molecule has 0 bridgehead atoms. The number of anilines is 2. The van der Waals surface area contributed by atoms with Crippen molar-refractivity contribution < 1.29 is 4.79 Å². The third-order valence-electron chi connectivity index (χ3n) is 4.50. The molecule has 3 nitrogen and oxygen atoms in total. The van der Waals surface area contributed by atoms with Crippen LogP contribution in [0.2, 0.25) is 0 Å². The Morgan fingerprint density at radius 2 is 2.00 bits per heavy atom. The molecule has 0 heterocycles. The lowest BCUT2D eigenvalue weighted by Gasteiger charge is -2.23. The van der Waals surface area contributed by atoms with E-state index in [1.54, 1.807) is 0 Å². The lowest BCUT2D eigenvalue weighted by molar-refractivity contribution is -0.120. The minimum absolute atomic E-state index is 0.276. The minimum atomic E-state index is 0.276. The van der Waals surface area contributed by atoms with Gasteiger partial charge < -0.3 is 10.6 Å². The Balaban J connectivity index is 1.81. The summed E-state index contributed by atoms with van der Waals surface area (Å²) >= 11 is 0. The Bertz CT molecular complexity index is 461. The predicted molar refractivity (Wildman–Crippen MR) is 73.2 cm³/mol. The SMILES string of the molecule is CCN(C(=O)C1C2CCCC21)c1ccccc1N. The first kappa shape index (κ1) is 11.6. The number of fused-ring (bicyclic) bond motifs is 1. The van der Waals surface area contributed by atoms with Crippen molar-refractivity contribution in [2.75, 3.05) is 17.2 Å². The van der Waals surface area contributed by atoms with Crippen LogP contribution in [0.15, 0.2) is 24.3 Å². The molecule has 18 heavy (non-hydrogen) atoms. The van der Waals surface area contributed by atoms with E-state index >= 15 is 0 Å². The number of benzene rings is 1. The van der Waals surface area contributed by atoms with Crippen LogP contribution in [0.5, 0.6) is 0 Å². The minimum Gasteiger partial charge on any atom is -0.397 e. The second kappa shape index (κ2) is 4.30. The monoisotopic (exact) mass is 244 g/mol. The molecule has 2 fully saturated rings. The fraction of sp³-hybridized carbons (Fsp3) is 0.533. The summed E-state index contributed by atoms with van der Waals surface area (Å²) in [7, 11) is 0. The van der Waals surface area contributed by atoms with Gasteiger partial charge in [0.05, 0.1) is 11.4 Å². The van der Waals surface area contributed by atoms with Gasteiger partial charge in [0.15, 0.2) is 0 Å². The Morgan fingerprint density at radius 3 is 2.61 bits per heavy atom. The molecule has 0 saturated heterocycles. The largest absolute Gasteiger partial charge is 0.397 e. The first-order chi connectivity index (χ1) is 8.74. The average Bonchev–Trinajstić information content (AvgIpc) is 2.86. The average molecular weight is 244 g/mol. The maximum absolute atomic E-state index is 12.6. The van der Waals surface area contributed by atoms with Gasteiger partial charge in [0.25, 0.3) is 0 Å². The zero-order valence-electron chi connectivity index (χ0n) is 10.8. The third-order valence-corrected chi connectivity index (χ3v) is 4.50. The van der Waals surface area contributed by atoms with Gasteiger partial charge in [-0.05, 0) is 43.7 Å². The number of rotatable bonds is 3. The third kappa shape index (κ3) is 1.69. The molecule has 1 aromatic rings. The molecule has 2 atom stereocenters. The number of nitrogens with two attached hydrogens (primary N) is 1. The number of para-hydroxylation sites is 2. The summed E-state index contributed by atoms with van der Waals surface area (Å²) in [4.78, 5) is 14.4. The lowest BCUT2D eigenvalue weighted by Crippen LogP contribution is -2.33. The van der Waals surface area contributed by atoms with E-state index < -0.39 is 0 Å². The molecule has 2 saturated carbocycles. The zero-order chi connectivity index (χ0) is 12.7. The highest BCUT2D eigenvalue weighted by Gasteiger charge is 2.57. The first-order valence-electron chi connectivity index (χ1n) is 6.90. The van der Waals surface area contributed by atoms with Crippen molar-refractivity contribution in [2.24, 2.45) is 17.8 Å². The molecule has 1 aromatic carbocycles. The Kier molecular flexibility index (Phi) is 2.77. The van der Waals surface area contributed by atoms with Crippen LogP contribution in [-0.2, 0) is 4.79 Å². The number of carbonyl (C=O) groups is 1. The molecule has 1 amide bonds. The second-order valence-corrected chi connectivity index (χ2v) is 5.43.